The second-order valence-electron chi connectivity index (χ2n) is 3.52. The van der Waals surface area contributed by atoms with Gasteiger partial charge in [0.1, 0.15) is 0 Å². The Balaban J connectivity index is 3.19. The highest BCUT2D eigenvalue weighted by molar-refractivity contribution is 5.81. The van der Waals surface area contributed by atoms with Gasteiger partial charge in [0.15, 0.2) is 17.5 Å². The Morgan fingerprint density at radius 2 is 1.74 bits per heavy atom. The summed E-state index contributed by atoms with van der Waals surface area (Å²) in [5, 5.41) is 8.29. The van der Waals surface area contributed by atoms with Crippen molar-refractivity contribution in [2.45, 2.75) is 12.6 Å². The van der Waals surface area contributed by atoms with E-state index in [0.29, 0.717) is 12.1 Å². The largest absolute Gasteiger partial charge is 0.478 e. The average Bonchev–Trinajstić information content (AvgIpc) is 2.27. The van der Waals surface area contributed by atoms with E-state index in [-0.39, 0.29) is 6.08 Å². The summed E-state index contributed by atoms with van der Waals surface area (Å²) in [5.74, 6) is -7.11. The Labute approximate surface area is 103 Å². The Morgan fingerprint density at radius 1 is 1.16 bits per heavy atom. The van der Waals surface area contributed by atoms with Crippen molar-refractivity contribution in [3.8, 4) is 0 Å². The molecule has 0 radical (unpaired) electrons. The molecule has 19 heavy (non-hydrogen) atoms. The lowest BCUT2D eigenvalue weighted by atomic mass is 10.0. The lowest BCUT2D eigenvalue weighted by Gasteiger charge is -2.12. The summed E-state index contributed by atoms with van der Waals surface area (Å²) >= 11 is 0. The van der Waals surface area contributed by atoms with Crippen molar-refractivity contribution in [1.82, 2.24) is 0 Å². The molecule has 1 rings (SSSR count). The number of benzene rings is 1. The maximum Gasteiger partial charge on any atom is 0.413 e. The zero-order valence-corrected chi connectivity index (χ0v) is 9.06. The molecule has 0 bridgehead atoms. The first-order chi connectivity index (χ1) is 8.62. The molecule has 104 valence electrons. The van der Waals surface area contributed by atoms with Crippen molar-refractivity contribution in [1.29, 1.82) is 0 Å². The van der Waals surface area contributed by atoms with Crippen LogP contribution in [0.15, 0.2) is 23.8 Å². The van der Waals surface area contributed by atoms with Gasteiger partial charge in [-0.2, -0.15) is 13.2 Å². The third kappa shape index (κ3) is 3.73. The molecule has 0 aliphatic heterocycles. The van der Waals surface area contributed by atoms with Crippen molar-refractivity contribution in [2.24, 2.45) is 0 Å². The molecule has 8 heteroatoms. The number of carbonyl (C=O) groups is 1. The van der Waals surface area contributed by atoms with E-state index < -0.39 is 47.2 Å². The third-order valence-electron chi connectivity index (χ3n) is 2.16. The van der Waals surface area contributed by atoms with E-state index in [1.165, 1.54) is 0 Å². The number of allylic oxidation sites excluding steroid dienone is 1. The highest BCUT2D eigenvalue weighted by Gasteiger charge is 2.35. The van der Waals surface area contributed by atoms with E-state index in [2.05, 4.69) is 0 Å². The fourth-order valence-corrected chi connectivity index (χ4v) is 1.29. The molecule has 0 spiro atoms. The maximum atomic E-state index is 13.2. The van der Waals surface area contributed by atoms with Crippen LogP contribution in [-0.4, -0.2) is 17.3 Å². The maximum absolute atomic E-state index is 13.2. The molecular weight excluding hydrogens is 278 g/mol. The molecule has 1 aromatic rings. The third-order valence-corrected chi connectivity index (χ3v) is 2.16. The fourth-order valence-electron chi connectivity index (χ4n) is 1.29. The van der Waals surface area contributed by atoms with Gasteiger partial charge in [0.25, 0.3) is 0 Å². The lowest BCUT2D eigenvalue weighted by Crippen LogP contribution is -2.16. The van der Waals surface area contributed by atoms with Crippen molar-refractivity contribution in [3.05, 3.63) is 46.8 Å². The summed E-state index contributed by atoms with van der Waals surface area (Å²) in [7, 11) is 0. The first-order valence-electron chi connectivity index (χ1n) is 4.76. The molecule has 0 fully saturated rings. The predicted molar refractivity (Wildman–Crippen MR) is 51.8 cm³/mol. The molecule has 2 nitrogen and oxygen atoms in total. The number of carboxylic acid groups (broad SMARTS) is 1. The number of rotatable bonds is 3. The normalized spacial score (nSPS) is 12.6. The number of halogens is 6. The first kappa shape index (κ1) is 15.1. The molecular formula is C11H6F6O2. The Hall–Kier alpha value is -1.99. The molecule has 1 N–H and O–H groups in total. The summed E-state index contributed by atoms with van der Waals surface area (Å²) in [6, 6.07) is 1.08. The molecule has 0 aliphatic carbocycles. The highest BCUT2D eigenvalue weighted by atomic mass is 19.4. The molecule has 0 saturated heterocycles. The highest BCUT2D eigenvalue weighted by Crippen LogP contribution is 2.29. The zero-order valence-electron chi connectivity index (χ0n) is 9.06. The van der Waals surface area contributed by atoms with Gasteiger partial charge in [0.2, 0.25) is 0 Å². The molecule has 0 aliphatic rings. The number of carboxylic acids is 1. The molecule has 0 atom stereocenters. The molecule has 0 aromatic heterocycles. The summed E-state index contributed by atoms with van der Waals surface area (Å²) in [6.07, 6.45) is -6.38. The van der Waals surface area contributed by atoms with Gasteiger partial charge in [0.05, 0.1) is 0 Å². The summed E-state index contributed by atoms with van der Waals surface area (Å²) < 4.78 is 76.0. The minimum Gasteiger partial charge on any atom is -0.478 e. The Kier molecular flexibility index (Phi) is 4.23. The predicted octanol–water partition coefficient (Wildman–Crippen LogP) is 3.22. The number of aliphatic carboxylic acids is 1. The second kappa shape index (κ2) is 5.33. The number of hydrogen-bond donors (Lipinski definition) is 1. The summed E-state index contributed by atoms with van der Waals surface area (Å²) in [5.41, 5.74) is -2.37. The van der Waals surface area contributed by atoms with Crippen LogP contribution < -0.4 is 0 Å². The minimum absolute atomic E-state index is 0.152. The summed E-state index contributed by atoms with van der Waals surface area (Å²) in [6.45, 7) is 0. The quantitative estimate of drug-likeness (QED) is 0.525. The van der Waals surface area contributed by atoms with Crippen molar-refractivity contribution in [3.63, 3.8) is 0 Å². The van der Waals surface area contributed by atoms with Gasteiger partial charge >= 0.3 is 12.1 Å². The monoisotopic (exact) mass is 284 g/mol. The van der Waals surface area contributed by atoms with Crippen molar-refractivity contribution < 1.29 is 36.2 Å². The van der Waals surface area contributed by atoms with Crippen LogP contribution in [0.3, 0.4) is 0 Å². The number of alkyl halides is 3. The van der Waals surface area contributed by atoms with E-state index in [4.69, 9.17) is 5.11 Å². The zero-order chi connectivity index (χ0) is 14.8. The van der Waals surface area contributed by atoms with Crippen LogP contribution in [0, 0.1) is 17.5 Å². The van der Waals surface area contributed by atoms with Gasteiger partial charge in [-0.3, -0.25) is 0 Å². The fraction of sp³-hybridized carbons (Fsp3) is 0.182. The summed E-state index contributed by atoms with van der Waals surface area (Å²) in [4.78, 5) is 10.2. The Morgan fingerprint density at radius 3 is 2.21 bits per heavy atom. The van der Waals surface area contributed by atoms with Crippen LogP contribution in [0.1, 0.15) is 5.56 Å². The van der Waals surface area contributed by atoms with Crippen molar-refractivity contribution >= 4 is 5.97 Å². The van der Waals surface area contributed by atoms with Crippen LogP contribution in [0.25, 0.3) is 0 Å². The molecule has 0 heterocycles. The lowest BCUT2D eigenvalue weighted by molar-refractivity contribution is -0.132. The van der Waals surface area contributed by atoms with Gasteiger partial charge in [-0.25, -0.2) is 18.0 Å². The van der Waals surface area contributed by atoms with Crippen LogP contribution in [-0.2, 0) is 11.2 Å². The van der Waals surface area contributed by atoms with Crippen molar-refractivity contribution in [2.75, 3.05) is 0 Å². The molecule has 0 amide bonds. The second-order valence-corrected chi connectivity index (χ2v) is 3.52. The van der Waals surface area contributed by atoms with Gasteiger partial charge in [-0.15, -0.1) is 0 Å². The van der Waals surface area contributed by atoms with Gasteiger partial charge in [-0.1, -0.05) is 6.07 Å². The molecule has 0 unspecified atom stereocenters. The molecule has 1 aromatic carbocycles. The minimum atomic E-state index is -5.02. The van der Waals surface area contributed by atoms with Gasteiger partial charge in [-0.05, 0) is 11.6 Å². The van der Waals surface area contributed by atoms with E-state index in [1.54, 1.807) is 0 Å². The topological polar surface area (TPSA) is 37.3 Å². The van der Waals surface area contributed by atoms with Gasteiger partial charge in [0, 0.05) is 18.1 Å². The van der Waals surface area contributed by atoms with Crippen LogP contribution in [0.4, 0.5) is 26.3 Å². The van der Waals surface area contributed by atoms with E-state index >= 15 is 0 Å². The van der Waals surface area contributed by atoms with E-state index in [0.717, 1.165) is 0 Å². The smallest absolute Gasteiger partial charge is 0.413 e. The van der Waals surface area contributed by atoms with E-state index in [9.17, 15) is 31.1 Å². The molecule has 0 saturated carbocycles. The van der Waals surface area contributed by atoms with Crippen LogP contribution in [0.5, 0.6) is 0 Å². The standard InChI is InChI=1S/C11H6F6O2/c12-7-2-1-5(9(13)10(7)14)3-6(4-8(18)19)11(15,16)17/h1-2,4H,3H2,(H,18,19)/b6-4+. The Bertz CT molecular complexity index is 533. The van der Waals surface area contributed by atoms with Crippen LogP contribution in [0.2, 0.25) is 0 Å². The van der Waals surface area contributed by atoms with E-state index in [1.807, 2.05) is 0 Å². The number of hydrogen-bond acceptors (Lipinski definition) is 1. The van der Waals surface area contributed by atoms with Crippen LogP contribution >= 0.6 is 0 Å². The first-order valence-corrected chi connectivity index (χ1v) is 4.76. The van der Waals surface area contributed by atoms with Gasteiger partial charge < -0.3 is 5.11 Å². The SMILES string of the molecule is O=C(O)/C=C(\Cc1ccc(F)c(F)c1F)C(F)(F)F. The average molecular weight is 284 g/mol.